The number of piperidine rings is 3. The van der Waals surface area contributed by atoms with Gasteiger partial charge in [-0.2, -0.15) is 0 Å². The largest absolute Gasteiger partial charge is 0.497 e. The zero-order valence-electron chi connectivity index (χ0n) is 15.9. The molecule has 0 saturated carbocycles. The summed E-state index contributed by atoms with van der Waals surface area (Å²) in [4.78, 5) is 17.9. The third-order valence-electron chi connectivity index (χ3n) is 6.07. The number of aliphatic hydroxyl groups is 1. The zero-order chi connectivity index (χ0) is 19.8. The number of aliphatic hydroxyl groups excluding tert-OH is 1. The van der Waals surface area contributed by atoms with Gasteiger partial charge in [-0.1, -0.05) is 6.08 Å². The molecule has 3 saturated heterocycles. The third kappa shape index (κ3) is 3.31. The zero-order valence-corrected chi connectivity index (χ0v) is 15.9. The predicted molar refractivity (Wildman–Crippen MR) is 105 cm³/mol. The van der Waals surface area contributed by atoms with Crippen molar-refractivity contribution in [2.75, 3.05) is 20.2 Å². The fourth-order valence-electron chi connectivity index (χ4n) is 4.65. The molecule has 28 heavy (non-hydrogen) atoms. The Labute approximate surface area is 163 Å². The van der Waals surface area contributed by atoms with Crippen molar-refractivity contribution in [1.82, 2.24) is 9.88 Å². The lowest BCUT2D eigenvalue weighted by Crippen LogP contribution is -2.54. The summed E-state index contributed by atoms with van der Waals surface area (Å²) in [5.41, 5.74) is 6.43. The van der Waals surface area contributed by atoms with Crippen molar-refractivity contribution < 1.29 is 19.4 Å². The lowest BCUT2D eigenvalue weighted by atomic mass is 9.73. The molecule has 1 amide bonds. The van der Waals surface area contributed by atoms with Crippen molar-refractivity contribution in [3.05, 3.63) is 42.5 Å². The summed E-state index contributed by atoms with van der Waals surface area (Å²) in [7, 11) is 1.59. The van der Waals surface area contributed by atoms with E-state index in [0.29, 0.717) is 28.7 Å². The highest BCUT2D eigenvalue weighted by atomic mass is 16.6. The van der Waals surface area contributed by atoms with Gasteiger partial charge in [-0.3, -0.25) is 4.90 Å². The molecule has 148 valence electrons. The van der Waals surface area contributed by atoms with E-state index < -0.39 is 12.2 Å². The van der Waals surface area contributed by atoms with E-state index in [9.17, 15) is 9.90 Å². The van der Waals surface area contributed by atoms with Crippen molar-refractivity contribution in [2.24, 2.45) is 17.6 Å². The molecule has 5 rings (SSSR count). The molecule has 7 nitrogen and oxygen atoms in total. The Balaban J connectivity index is 1.75. The second kappa shape index (κ2) is 7.41. The lowest BCUT2D eigenvalue weighted by Gasteiger charge is -2.50. The number of benzene rings is 1. The Morgan fingerprint density at radius 2 is 2.29 bits per heavy atom. The van der Waals surface area contributed by atoms with E-state index in [1.54, 1.807) is 25.3 Å². The highest BCUT2D eigenvalue weighted by Crippen LogP contribution is 2.42. The molecule has 1 unspecified atom stereocenters. The van der Waals surface area contributed by atoms with Crippen LogP contribution in [0.15, 0.2) is 36.9 Å². The first kappa shape index (κ1) is 18.7. The summed E-state index contributed by atoms with van der Waals surface area (Å²) in [5.74, 6) is 1.76. The monoisotopic (exact) mass is 383 g/mol. The maximum atomic E-state index is 11.3. The first-order valence-corrected chi connectivity index (χ1v) is 9.50. The normalized spacial score (nSPS) is 27.4. The van der Waals surface area contributed by atoms with Gasteiger partial charge >= 0.3 is 6.09 Å². The number of pyridine rings is 1. The molecule has 4 heterocycles. The van der Waals surface area contributed by atoms with Crippen LogP contribution >= 0.6 is 0 Å². The maximum Gasteiger partial charge on any atom is 0.411 e. The van der Waals surface area contributed by atoms with Crippen molar-refractivity contribution in [3.8, 4) is 11.6 Å². The van der Waals surface area contributed by atoms with Crippen LogP contribution in [0, 0.1) is 11.8 Å². The number of methoxy groups -OCH3 is 1. The van der Waals surface area contributed by atoms with Crippen LogP contribution in [0.1, 0.15) is 24.5 Å². The molecule has 5 atom stereocenters. The molecule has 2 bridgehead atoms. The van der Waals surface area contributed by atoms with E-state index in [1.165, 1.54) is 0 Å². The van der Waals surface area contributed by atoms with Gasteiger partial charge in [-0.15, -0.1) is 6.58 Å². The van der Waals surface area contributed by atoms with Gasteiger partial charge in [0.1, 0.15) is 5.75 Å². The molecule has 1 aromatic heterocycles. The molecule has 1 aromatic carbocycles. The van der Waals surface area contributed by atoms with Gasteiger partial charge in [-0.25, -0.2) is 9.78 Å². The van der Waals surface area contributed by atoms with Crippen LogP contribution < -0.4 is 15.2 Å². The number of hydrogen-bond donors (Lipinski definition) is 2. The minimum Gasteiger partial charge on any atom is -0.497 e. The van der Waals surface area contributed by atoms with Crippen LogP contribution in [-0.4, -0.2) is 47.3 Å². The number of nitrogens with zero attached hydrogens (tertiary/aromatic N) is 2. The van der Waals surface area contributed by atoms with Gasteiger partial charge in [-0.05, 0) is 55.0 Å². The van der Waals surface area contributed by atoms with E-state index in [4.69, 9.17) is 15.2 Å². The van der Waals surface area contributed by atoms with E-state index in [1.807, 2.05) is 12.1 Å². The van der Waals surface area contributed by atoms with Crippen LogP contribution in [-0.2, 0) is 0 Å². The Morgan fingerprint density at radius 1 is 1.46 bits per heavy atom. The molecule has 0 spiro atoms. The number of rotatable bonds is 5. The van der Waals surface area contributed by atoms with E-state index >= 15 is 0 Å². The van der Waals surface area contributed by atoms with E-state index in [2.05, 4.69) is 16.5 Å². The van der Waals surface area contributed by atoms with Gasteiger partial charge in [0, 0.05) is 24.0 Å². The Bertz CT molecular complexity index is 916. The lowest BCUT2D eigenvalue weighted by molar-refractivity contribution is -0.0445. The highest BCUT2D eigenvalue weighted by molar-refractivity contribution is 5.85. The fraction of sp³-hybridized carbons (Fsp3) is 0.429. The van der Waals surface area contributed by atoms with Crippen LogP contribution in [0.5, 0.6) is 11.6 Å². The van der Waals surface area contributed by atoms with Crippen molar-refractivity contribution >= 4 is 17.0 Å². The van der Waals surface area contributed by atoms with Crippen LogP contribution in [0.25, 0.3) is 10.9 Å². The van der Waals surface area contributed by atoms with E-state index in [-0.39, 0.29) is 11.9 Å². The van der Waals surface area contributed by atoms with Gasteiger partial charge in [0.15, 0.2) is 0 Å². The second-order valence-electron chi connectivity index (χ2n) is 7.55. The number of nitrogens with two attached hydrogens (primary N) is 1. The Morgan fingerprint density at radius 3 is 2.93 bits per heavy atom. The maximum absolute atomic E-state index is 11.3. The number of fused-ring (bicyclic) bond motifs is 4. The van der Waals surface area contributed by atoms with Crippen molar-refractivity contribution in [2.45, 2.75) is 25.0 Å². The number of carbonyl (C=O) groups excluding carboxylic acids is 1. The molecular formula is C21H25N3O4. The van der Waals surface area contributed by atoms with Gasteiger partial charge in [0.05, 0.1) is 18.7 Å². The summed E-state index contributed by atoms with van der Waals surface area (Å²) in [5, 5.41) is 12.1. The highest BCUT2D eigenvalue weighted by Gasteiger charge is 2.42. The average molecular weight is 383 g/mol. The van der Waals surface area contributed by atoms with Crippen LogP contribution in [0.2, 0.25) is 0 Å². The molecule has 2 aromatic rings. The molecule has 3 N–H and O–H groups in total. The molecule has 3 fully saturated rings. The number of aromatic nitrogens is 1. The van der Waals surface area contributed by atoms with Gasteiger partial charge < -0.3 is 20.3 Å². The quantitative estimate of drug-likeness (QED) is 0.771. The van der Waals surface area contributed by atoms with Gasteiger partial charge in [0.2, 0.25) is 5.88 Å². The standard InChI is InChI=1S/C21H25N3O4/c1-3-12-11-24-7-6-13(12)8-18(24)20(25)16-10-19(28-21(22)26)23-17-5-4-14(27-2)9-15(16)17/h3-5,9-10,12-13,18,20,25H,1,6-8,11H2,2H3,(H2,22,26)/t12-,13-,18+,20-/m0/s1. The molecule has 7 heteroatoms. The third-order valence-corrected chi connectivity index (χ3v) is 6.07. The smallest absolute Gasteiger partial charge is 0.411 e. The van der Waals surface area contributed by atoms with Gasteiger partial charge in [0.25, 0.3) is 0 Å². The molecule has 0 aliphatic carbocycles. The molecule has 0 radical (unpaired) electrons. The summed E-state index contributed by atoms with van der Waals surface area (Å²) < 4.78 is 10.4. The minimum atomic E-state index is -0.935. The van der Waals surface area contributed by atoms with Crippen LogP contribution in [0.3, 0.4) is 0 Å². The second-order valence-corrected chi connectivity index (χ2v) is 7.55. The number of ether oxygens (including phenoxy) is 2. The summed E-state index contributed by atoms with van der Waals surface area (Å²) in [6.45, 7) is 5.83. The Kier molecular flexibility index (Phi) is 4.95. The van der Waals surface area contributed by atoms with Crippen molar-refractivity contribution in [3.63, 3.8) is 0 Å². The Hall–Kier alpha value is -2.64. The SMILES string of the molecule is C=C[C@H]1CN2CC[C@H]1C[C@@H]2[C@@H](O)c1cc(OC(N)=O)nc2ccc(OC)cc12. The number of amides is 1. The fourth-order valence-corrected chi connectivity index (χ4v) is 4.65. The van der Waals surface area contributed by atoms with Crippen LogP contribution in [0.4, 0.5) is 4.79 Å². The number of carbonyl (C=O) groups is 1. The molecule has 3 aliphatic heterocycles. The number of hydrogen-bond acceptors (Lipinski definition) is 6. The molecule has 3 aliphatic rings. The minimum absolute atomic E-state index is 0.00632. The molecular weight excluding hydrogens is 358 g/mol. The summed E-state index contributed by atoms with van der Waals surface area (Å²) in [6, 6.07) is 7.00. The first-order chi connectivity index (χ1) is 13.5. The first-order valence-electron chi connectivity index (χ1n) is 9.50. The predicted octanol–water partition coefficient (Wildman–Crippen LogP) is 2.63. The van der Waals surface area contributed by atoms with Crippen molar-refractivity contribution in [1.29, 1.82) is 0 Å². The topological polar surface area (TPSA) is 97.9 Å². The summed E-state index contributed by atoms with van der Waals surface area (Å²) in [6.07, 6.45) is 2.38. The summed E-state index contributed by atoms with van der Waals surface area (Å²) >= 11 is 0. The number of primary amides is 1. The average Bonchev–Trinajstić information content (AvgIpc) is 2.72. The van der Waals surface area contributed by atoms with E-state index in [0.717, 1.165) is 31.3 Å².